The van der Waals surface area contributed by atoms with Gasteiger partial charge in [0.1, 0.15) is 11.6 Å². The molecule has 4 heteroatoms. The van der Waals surface area contributed by atoms with Gasteiger partial charge >= 0.3 is 0 Å². The second-order valence-corrected chi connectivity index (χ2v) is 3.55. The van der Waals surface area contributed by atoms with Crippen LogP contribution >= 0.6 is 0 Å². The molecule has 82 valence electrons. The van der Waals surface area contributed by atoms with Crippen molar-refractivity contribution in [3.05, 3.63) is 47.4 Å². The maximum absolute atomic E-state index is 13.4. The van der Waals surface area contributed by atoms with Crippen molar-refractivity contribution >= 4 is 0 Å². The summed E-state index contributed by atoms with van der Waals surface area (Å²) < 4.78 is 26.5. The number of aromatic nitrogens is 2. The summed E-state index contributed by atoms with van der Waals surface area (Å²) in [5.74, 6) is -1.18. The minimum absolute atomic E-state index is 0.380. The van der Waals surface area contributed by atoms with Gasteiger partial charge in [0.05, 0.1) is 11.4 Å². The largest absolute Gasteiger partial charge is 0.258 e. The van der Waals surface area contributed by atoms with Crippen molar-refractivity contribution in [2.24, 2.45) is 0 Å². The van der Waals surface area contributed by atoms with Crippen LogP contribution in [0.2, 0.25) is 0 Å². The van der Waals surface area contributed by atoms with Gasteiger partial charge in [0, 0.05) is 24.0 Å². The van der Waals surface area contributed by atoms with Gasteiger partial charge in [-0.1, -0.05) is 0 Å². The minimum atomic E-state index is -0.608. The SMILES string of the molecule is Cc1nccnc1-c1cc(F)cc(F)c1C. The molecule has 0 atom stereocenters. The molecule has 0 bridgehead atoms. The van der Waals surface area contributed by atoms with E-state index in [1.165, 1.54) is 12.3 Å². The Hall–Kier alpha value is -1.84. The molecule has 0 aliphatic carbocycles. The van der Waals surface area contributed by atoms with Gasteiger partial charge < -0.3 is 0 Å². The smallest absolute Gasteiger partial charge is 0.129 e. The zero-order chi connectivity index (χ0) is 11.7. The summed E-state index contributed by atoms with van der Waals surface area (Å²) >= 11 is 0. The maximum atomic E-state index is 13.4. The van der Waals surface area contributed by atoms with E-state index in [0.29, 0.717) is 22.5 Å². The van der Waals surface area contributed by atoms with E-state index >= 15 is 0 Å². The van der Waals surface area contributed by atoms with Gasteiger partial charge in [-0.05, 0) is 25.5 Å². The zero-order valence-corrected chi connectivity index (χ0v) is 8.96. The average molecular weight is 220 g/mol. The van der Waals surface area contributed by atoms with Gasteiger partial charge in [0.15, 0.2) is 0 Å². The molecule has 0 N–H and O–H groups in total. The molecule has 0 aliphatic heterocycles. The molecule has 16 heavy (non-hydrogen) atoms. The van der Waals surface area contributed by atoms with Crippen molar-refractivity contribution in [1.82, 2.24) is 9.97 Å². The van der Waals surface area contributed by atoms with Crippen LogP contribution in [0.3, 0.4) is 0 Å². The molecule has 0 aliphatic rings. The van der Waals surface area contributed by atoms with E-state index in [0.717, 1.165) is 6.07 Å². The number of aryl methyl sites for hydroxylation is 1. The number of halogens is 2. The fraction of sp³-hybridized carbons (Fsp3) is 0.167. The summed E-state index contributed by atoms with van der Waals surface area (Å²) in [6.07, 6.45) is 3.05. The predicted octanol–water partition coefficient (Wildman–Crippen LogP) is 3.04. The van der Waals surface area contributed by atoms with E-state index < -0.39 is 11.6 Å². The zero-order valence-electron chi connectivity index (χ0n) is 8.96. The summed E-state index contributed by atoms with van der Waals surface area (Å²) in [4.78, 5) is 8.14. The van der Waals surface area contributed by atoms with Crippen molar-refractivity contribution < 1.29 is 8.78 Å². The first kappa shape index (κ1) is 10.7. The molecule has 1 aromatic heterocycles. The van der Waals surface area contributed by atoms with E-state index in [2.05, 4.69) is 9.97 Å². The molecule has 1 heterocycles. The first-order valence-corrected chi connectivity index (χ1v) is 4.83. The molecule has 2 aromatic rings. The first-order valence-electron chi connectivity index (χ1n) is 4.83. The lowest BCUT2D eigenvalue weighted by Gasteiger charge is -2.08. The van der Waals surface area contributed by atoms with Gasteiger partial charge in [-0.25, -0.2) is 8.78 Å². The Labute approximate surface area is 92.0 Å². The van der Waals surface area contributed by atoms with Crippen LogP contribution in [0.4, 0.5) is 8.78 Å². The Bertz CT molecular complexity index is 539. The molecule has 0 spiro atoms. The van der Waals surface area contributed by atoms with Gasteiger partial charge in [-0.2, -0.15) is 0 Å². The predicted molar refractivity (Wildman–Crippen MR) is 56.9 cm³/mol. The van der Waals surface area contributed by atoms with Gasteiger partial charge in [-0.3, -0.25) is 9.97 Å². The van der Waals surface area contributed by atoms with E-state index in [9.17, 15) is 8.78 Å². The van der Waals surface area contributed by atoms with Gasteiger partial charge in [-0.15, -0.1) is 0 Å². The Morgan fingerprint density at radius 1 is 1.00 bits per heavy atom. The highest BCUT2D eigenvalue weighted by Crippen LogP contribution is 2.26. The summed E-state index contributed by atoms with van der Waals surface area (Å²) in [6, 6.07) is 2.14. The molecule has 2 rings (SSSR count). The number of hydrogen-bond acceptors (Lipinski definition) is 2. The van der Waals surface area contributed by atoms with Crippen LogP contribution in [0.1, 0.15) is 11.3 Å². The van der Waals surface area contributed by atoms with Gasteiger partial charge in [0.2, 0.25) is 0 Å². The van der Waals surface area contributed by atoms with Crippen molar-refractivity contribution in [3.63, 3.8) is 0 Å². The summed E-state index contributed by atoms with van der Waals surface area (Å²) in [6.45, 7) is 3.35. The Morgan fingerprint density at radius 2 is 1.69 bits per heavy atom. The molecule has 0 unspecified atom stereocenters. The quantitative estimate of drug-likeness (QED) is 0.738. The molecule has 0 saturated carbocycles. The second-order valence-electron chi connectivity index (χ2n) is 3.55. The highest BCUT2D eigenvalue weighted by atomic mass is 19.1. The lowest BCUT2D eigenvalue weighted by atomic mass is 10.0. The van der Waals surface area contributed by atoms with Crippen LogP contribution in [0.15, 0.2) is 24.5 Å². The third-order valence-corrected chi connectivity index (χ3v) is 2.45. The van der Waals surface area contributed by atoms with Crippen LogP contribution in [-0.2, 0) is 0 Å². The summed E-state index contributed by atoms with van der Waals surface area (Å²) in [5.41, 5.74) is 1.99. The molecule has 0 amide bonds. The van der Waals surface area contributed by atoms with Crippen LogP contribution in [-0.4, -0.2) is 9.97 Å². The fourth-order valence-electron chi connectivity index (χ4n) is 1.56. The van der Waals surface area contributed by atoms with Crippen molar-refractivity contribution in [3.8, 4) is 11.3 Å². The Balaban J connectivity index is 2.69. The molecule has 1 aromatic carbocycles. The van der Waals surface area contributed by atoms with Crippen molar-refractivity contribution in [1.29, 1.82) is 0 Å². The number of benzene rings is 1. The fourth-order valence-corrected chi connectivity index (χ4v) is 1.56. The lowest BCUT2D eigenvalue weighted by Crippen LogP contribution is -1.96. The third kappa shape index (κ3) is 1.78. The van der Waals surface area contributed by atoms with Crippen LogP contribution in [0, 0.1) is 25.5 Å². The molecule has 0 saturated heterocycles. The van der Waals surface area contributed by atoms with E-state index in [-0.39, 0.29) is 0 Å². The lowest BCUT2D eigenvalue weighted by molar-refractivity contribution is 0.578. The summed E-state index contributed by atoms with van der Waals surface area (Å²) in [5, 5.41) is 0. The standard InChI is InChI=1S/C12H10F2N2/c1-7-10(5-9(13)6-11(7)14)12-8(2)15-3-4-16-12/h3-6H,1-2H3. The number of rotatable bonds is 1. The first-order chi connectivity index (χ1) is 7.59. The molecule has 0 radical (unpaired) electrons. The normalized spacial score (nSPS) is 10.5. The number of hydrogen-bond donors (Lipinski definition) is 0. The van der Waals surface area contributed by atoms with Crippen LogP contribution in [0.5, 0.6) is 0 Å². The summed E-state index contributed by atoms with van der Waals surface area (Å²) in [7, 11) is 0. The van der Waals surface area contributed by atoms with E-state index in [1.807, 2.05) is 0 Å². The monoisotopic (exact) mass is 220 g/mol. The highest BCUT2D eigenvalue weighted by Gasteiger charge is 2.12. The molecular weight excluding hydrogens is 210 g/mol. The molecular formula is C12H10F2N2. The topological polar surface area (TPSA) is 25.8 Å². The second kappa shape index (κ2) is 3.96. The van der Waals surface area contributed by atoms with Crippen LogP contribution < -0.4 is 0 Å². The Kier molecular flexibility index (Phi) is 2.64. The van der Waals surface area contributed by atoms with Crippen molar-refractivity contribution in [2.75, 3.05) is 0 Å². The van der Waals surface area contributed by atoms with Gasteiger partial charge in [0.25, 0.3) is 0 Å². The number of nitrogens with zero attached hydrogens (tertiary/aromatic N) is 2. The molecule has 0 fully saturated rings. The Morgan fingerprint density at radius 3 is 2.38 bits per heavy atom. The highest BCUT2D eigenvalue weighted by molar-refractivity contribution is 5.65. The molecule has 2 nitrogen and oxygen atoms in total. The average Bonchev–Trinajstić information content (AvgIpc) is 2.24. The van der Waals surface area contributed by atoms with Crippen LogP contribution in [0.25, 0.3) is 11.3 Å². The van der Waals surface area contributed by atoms with E-state index in [4.69, 9.17) is 0 Å². The third-order valence-electron chi connectivity index (χ3n) is 2.45. The minimum Gasteiger partial charge on any atom is -0.258 e. The van der Waals surface area contributed by atoms with E-state index in [1.54, 1.807) is 20.0 Å². The van der Waals surface area contributed by atoms with Crippen molar-refractivity contribution in [2.45, 2.75) is 13.8 Å². The maximum Gasteiger partial charge on any atom is 0.129 e.